The molecular formula is C16H23N3O2. The molecule has 1 aromatic carbocycles. The third-order valence-corrected chi connectivity index (χ3v) is 3.78. The molecule has 1 aliphatic rings. The van der Waals surface area contributed by atoms with E-state index < -0.39 is 0 Å². The topological polar surface area (TPSA) is 75.4 Å². The summed E-state index contributed by atoms with van der Waals surface area (Å²) in [6, 6.07) is 5.12. The number of anilines is 1. The molecule has 1 aliphatic heterocycles. The van der Waals surface area contributed by atoms with Crippen molar-refractivity contribution in [2.75, 3.05) is 12.3 Å². The van der Waals surface area contributed by atoms with Gasteiger partial charge in [-0.05, 0) is 45.4 Å². The van der Waals surface area contributed by atoms with Crippen molar-refractivity contribution < 1.29 is 9.59 Å². The molecule has 1 heterocycles. The second-order valence-corrected chi connectivity index (χ2v) is 6.62. The smallest absolute Gasteiger partial charge is 0.251 e. The van der Waals surface area contributed by atoms with Gasteiger partial charge in [-0.25, -0.2) is 0 Å². The summed E-state index contributed by atoms with van der Waals surface area (Å²) in [5, 5.41) is 2.94. The third kappa shape index (κ3) is 3.35. The Hall–Kier alpha value is -2.04. The Morgan fingerprint density at radius 2 is 2.05 bits per heavy atom. The Morgan fingerprint density at radius 3 is 2.62 bits per heavy atom. The molecule has 2 amide bonds. The van der Waals surface area contributed by atoms with E-state index in [2.05, 4.69) is 5.32 Å². The van der Waals surface area contributed by atoms with Crippen molar-refractivity contribution >= 4 is 17.5 Å². The van der Waals surface area contributed by atoms with Crippen LogP contribution in [0.3, 0.4) is 0 Å². The average molecular weight is 289 g/mol. The number of carbonyl (C=O) groups is 2. The predicted molar refractivity (Wildman–Crippen MR) is 82.9 cm³/mol. The molecule has 0 aliphatic carbocycles. The Morgan fingerprint density at radius 1 is 1.38 bits per heavy atom. The molecule has 1 fully saturated rings. The van der Waals surface area contributed by atoms with E-state index >= 15 is 0 Å². The van der Waals surface area contributed by atoms with Crippen LogP contribution in [0.1, 0.15) is 43.1 Å². The summed E-state index contributed by atoms with van der Waals surface area (Å²) in [6.45, 7) is 8.41. The van der Waals surface area contributed by atoms with Gasteiger partial charge in [0.1, 0.15) is 0 Å². The van der Waals surface area contributed by atoms with Gasteiger partial charge in [0.05, 0.1) is 6.04 Å². The first kappa shape index (κ1) is 15.4. The Balaban J connectivity index is 2.08. The number of amides is 2. The first-order chi connectivity index (χ1) is 9.68. The highest BCUT2D eigenvalue weighted by Crippen LogP contribution is 2.22. The third-order valence-electron chi connectivity index (χ3n) is 3.78. The fraction of sp³-hybridized carbons (Fsp3) is 0.500. The number of nitrogens with two attached hydrogens (primary N) is 1. The monoisotopic (exact) mass is 289 g/mol. The van der Waals surface area contributed by atoms with Crippen molar-refractivity contribution in [2.45, 2.75) is 45.7 Å². The lowest BCUT2D eigenvalue weighted by Crippen LogP contribution is -2.44. The number of aryl methyl sites for hydroxylation is 1. The average Bonchev–Trinajstić information content (AvgIpc) is 2.73. The van der Waals surface area contributed by atoms with E-state index in [0.29, 0.717) is 24.2 Å². The number of hydrogen-bond donors (Lipinski definition) is 2. The van der Waals surface area contributed by atoms with Crippen LogP contribution >= 0.6 is 0 Å². The summed E-state index contributed by atoms with van der Waals surface area (Å²) in [5.41, 5.74) is 7.51. The Labute approximate surface area is 125 Å². The molecule has 1 unspecified atom stereocenters. The molecule has 0 spiro atoms. The van der Waals surface area contributed by atoms with Gasteiger partial charge in [0.2, 0.25) is 5.91 Å². The number of hydrogen-bond acceptors (Lipinski definition) is 3. The van der Waals surface area contributed by atoms with Crippen molar-refractivity contribution in [1.29, 1.82) is 0 Å². The highest BCUT2D eigenvalue weighted by atomic mass is 16.2. The summed E-state index contributed by atoms with van der Waals surface area (Å²) in [4.78, 5) is 26.2. The van der Waals surface area contributed by atoms with Crippen molar-refractivity contribution in [3.8, 4) is 0 Å². The van der Waals surface area contributed by atoms with Gasteiger partial charge in [-0.2, -0.15) is 0 Å². The summed E-state index contributed by atoms with van der Waals surface area (Å²) in [6.07, 6.45) is 0.352. The van der Waals surface area contributed by atoms with Crippen molar-refractivity contribution in [3.05, 3.63) is 29.3 Å². The van der Waals surface area contributed by atoms with Gasteiger partial charge in [0, 0.05) is 29.8 Å². The van der Waals surface area contributed by atoms with Crippen LogP contribution in [0.15, 0.2) is 18.2 Å². The summed E-state index contributed by atoms with van der Waals surface area (Å²) in [7, 11) is 0. The molecule has 5 nitrogen and oxygen atoms in total. The molecule has 2 rings (SSSR count). The molecule has 1 atom stereocenters. The number of likely N-dealkylation sites (tertiary alicyclic amines) is 1. The van der Waals surface area contributed by atoms with Crippen LogP contribution in [0, 0.1) is 6.92 Å². The fourth-order valence-corrected chi connectivity index (χ4v) is 2.60. The van der Waals surface area contributed by atoms with Crippen LogP contribution in [0.5, 0.6) is 0 Å². The maximum Gasteiger partial charge on any atom is 0.251 e. The zero-order valence-corrected chi connectivity index (χ0v) is 13.1. The molecule has 1 aromatic rings. The number of benzene rings is 1. The van der Waals surface area contributed by atoms with Crippen molar-refractivity contribution in [2.24, 2.45) is 0 Å². The van der Waals surface area contributed by atoms with E-state index in [1.165, 1.54) is 0 Å². The summed E-state index contributed by atoms with van der Waals surface area (Å²) < 4.78 is 0. The minimum Gasteiger partial charge on any atom is -0.399 e. The first-order valence-electron chi connectivity index (χ1n) is 7.16. The number of rotatable bonds is 2. The van der Waals surface area contributed by atoms with E-state index in [4.69, 9.17) is 5.73 Å². The normalized spacial score (nSPS) is 19.0. The maximum atomic E-state index is 12.3. The van der Waals surface area contributed by atoms with Crippen LogP contribution < -0.4 is 11.1 Å². The molecule has 0 saturated carbocycles. The van der Waals surface area contributed by atoms with E-state index in [1.807, 2.05) is 38.7 Å². The van der Waals surface area contributed by atoms with Crippen LogP contribution in [0.4, 0.5) is 5.69 Å². The molecule has 114 valence electrons. The summed E-state index contributed by atoms with van der Waals surface area (Å²) in [5.74, 6) is -0.0922. The van der Waals surface area contributed by atoms with E-state index in [1.54, 1.807) is 12.1 Å². The highest BCUT2D eigenvalue weighted by molar-refractivity contribution is 5.97. The number of nitrogens with zero attached hydrogens (tertiary/aromatic N) is 1. The molecule has 0 bridgehead atoms. The van der Waals surface area contributed by atoms with E-state index in [9.17, 15) is 9.59 Å². The molecule has 0 radical (unpaired) electrons. The minimum absolute atomic E-state index is 0.0806. The standard InChI is InChI=1S/C16H23N3O2/c1-10-5-6-11(17)7-13(10)15(21)18-12-8-14(20)19(9-12)16(2,3)4/h5-7,12H,8-9,17H2,1-4H3,(H,18,21). The Kier molecular flexibility index (Phi) is 3.94. The fourth-order valence-electron chi connectivity index (χ4n) is 2.60. The molecule has 5 heteroatoms. The van der Waals surface area contributed by atoms with Gasteiger partial charge in [-0.15, -0.1) is 0 Å². The van der Waals surface area contributed by atoms with Crippen molar-refractivity contribution in [3.63, 3.8) is 0 Å². The quantitative estimate of drug-likeness (QED) is 0.814. The number of nitrogens with one attached hydrogen (secondary N) is 1. The van der Waals surface area contributed by atoms with Crippen LogP contribution in [0.25, 0.3) is 0 Å². The van der Waals surface area contributed by atoms with Gasteiger partial charge in [-0.3, -0.25) is 9.59 Å². The van der Waals surface area contributed by atoms with Gasteiger partial charge in [0.25, 0.3) is 5.91 Å². The SMILES string of the molecule is Cc1ccc(N)cc1C(=O)NC1CC(=O)N(C(C)(C)C)C1. The van der Waals surface area contributed by atoms with Gasteiger partial charge in [0.15, 0.2) is 0 Å². The predicted octanol–water partition coefficient (Wildman–Crippen LogP) is 1.71. The van der Waals surface area contributed by atoms with E-state index in [-0.39, 0.29) is 23.4 Å². The number of carbonyl (C=O) groups excluding carboxylic acids is 2. The molecule has 3 N–H and O–H groups in total. The lowest BCUT2D eigenvalue weighted by Gasteiger charge is -2.32. The van der Waals surface area contributed by atoms with Crippen LogP contribution in [0.2, 0.25) is 0 Å². The van der Waals surface area contributed by atoms with Gasteiger partial charge in [-0.1, -0.05) is 6.07 Å². The second-order valence-electron chi connectivity index (χ2n) is 6.62. The van der Waals surface area contributed by atoms with Crippen LogP contribution in [-0.2, 0) is 4.79 Å². The molecule has 21 heavy (non-hydrogen) atoms. The number of nitrogen functional groups attached to an aromatic ring is 1. The highest BCUT2D eigenvalue weighted by Gasteiger charge is 2.36. The van der Waals surface area contributed by atoms with Crippen LogP contribution in [-0.4, -0.2) is 34.8 Å². The molecular weight excluding hydrogens is 266 g/mol. The van der Waals surface area contributed by atoms with Gasteiger partial charge < -0.3 is 16.0 Å². The van der Waals surface area contributed by atoms with Crippen molar-refractivity contribution in [1.82, 2.24) is 10.2 Å². The molecule has 0 aromatic heterocycles. The zero-order valence-electron chi connectivity index (χ0n) is 13.1. The second kappa shape index (κ2) is 5.39. The Bertz CT molecular complexity index is 575. The van der Waals surface area contributed by atoms with Gasteiger partial charge >= 0.3 is 0 Å². The lowest BCUT2D eigenvalue weighted by atomic mass is 10.1. The zero-order chi connectivity index (χ0) is 15.8. The first-order valence-corrected chi connectivity index (χ1v) is 7.16. The van der Waals surface area contributed by atoms with E-state index in [0.717, 1.165) is 5.56 Å². The largest absolute Gasteiger partial charge is 0.399 e. The maximum absolute atomic E-state index is 12.3. The molecule has 1 saturated heterocycles. The lowest BCUT2D eigenvalue weighted by molar-refractivity contribution is -0.131. The summed E-state index contributed by atoms with van der Waals surface area (Å²) >= 11 is 0. The minimum atomic E-state index is -0.219.